The highest BCUT2D eigenvalue weighted by Gasteiger charge is 2.37. The number of hydrogen-bond acceptors (Lipinski definition) is 3. The molecule has 0 aromatic heterocycles. The van der Waals surface area contributed by atoms with Crippen molar-refractivity contribution in [2.24, 2.45) is 0 Å². The minimum atomic E-state index is -5.12. The van der Waals surface area contributed by atoms with Crippen LogP contribution in [0.25, 0.3) is 0 Å². The van der Waals surface area contributed by atoms with Crippen molar-refractivity contribution in [2.45, 2.75) is 23.8 Å². The lowest BCUT2D eigenvalue weighted by molar-refractivity contribution is -0.143. The summed E-state index contributed by atoms with van der Waals surface area (Å²) in [7, 11) is -4.33. The molecular weight excluding hydrogens is 614 g/mol. The lowest BCUT2D eigenvalue weighted by Crippen LogP contribution is -2.37. The van der Waals surface area contributed by atoms with Gasteiger partial charge in [0.05, 0.1) is 22.6 Å². The first-order chi connectivity index (χ1) is 17.1. The SMILES string of the molecule is O=C(CN(Cc1ccc(Br)cc1)S(=O)(=O)c1ccc(Cl)cc1)Nc1cc(C(F)(F)F)cc(C(F)(F)F)c1. The van der Waals surface area contributed by atoms with Crippen LogP contribution in [0.3, 0.4) is 0 Å². The fourth-order valence-electron chi connectivity index (χ4n) is 3.16. The van der Waals surface area contributed by atoms with Gasteiger partial charge in [0.25, 0.3) is 0 Å². The third-order valence-corrected chi connectivity index (χ3v) is 7.50. The second-order valence-electron chi connectivity index (χ2n) is 7.70. The highest BCUT2D eigenvalue weighted by molar-refractivity contribution is 9.10. The zero-order valence-electron chi connectivity index (χ0n) is 18.4. The van der Waals surface area contributed by atoms with E-state index in [2.05, 4.69) is 15.9 Å². The van der Waals surface area contributed by atoms with E-state index in [1.807, 2.05) is 5.32 Å². The first-order valence-electron chi connectivity index (χ1n) is 10.2. The molecule has 0 saturated heterocycles. The van der Waals surface area contributed by atoms with Crippen molar-refractivity contribution in [1.29, 1.82) is 0 Å². The maximum Gasteiger partial charge on any atom is 0.416 e. The van der Waals surface area contributed by atoms with E-state index < -0.39 is 51.6 Å². The molecule has 198 valence electrons. The number of carbonyl (C=O) groups excluding carboxylic acids is 1. The zero-order valence-corrected chi connectivity index (χ0v) is 21.5. The average Bonchev–Trinajstić information content (AvgIpc) is 2.79. The monoisotopic (exact) mass is 628 g/mol. The molecule has 0 aliphatic rings. The minimum absolute atomic E-state index is 0.0828. The predicted octanol–water partition coefficient (Wildman–Crippen LogP) is 6.97. The Kier molecular flexibility index (Phi) is 8.62. The Morgan fingerprint density at radius 2 is 1.38 bits per heavy atom. The quantitative estimate of drug-likeness (QED) is 0.287. The summed E-state index contributed by atoms with van der Waals surface area (Å²) in [5.41, 5.74) is -3.58. The van der Waals surface area contributed by atoms with E-state index in [4.69, 9.17) is 11.6 Å². The molecule has 0 fully saturated rings. The topological polar surface area (TPSA) is 66.5 Å². The first kappa shape index (κ1) is 29.0. The molecule has 1 N–H and O–H groups in total. The van der Waals surface area contributed by atoms with Gasteiger partial charge in [0.15, 0.2) is 0 Å². The zero-order chi connectivity index (χ0) is 27.6. The maximum atomic E-state index is 13.3. The standard InChI is InChI=1S/C23H16BrClF6N2O3S/c24-17-3-1-14(2-4-17)12-33(37(35,36)20-7-5-18(25)6-8-20)13-21(34)32-19-10-15(22(26,27)28)9-16(11-19)23(29,30)31/h1-11H,12-13H2,(H,32,34). The lowest BCUT2D eigenvalue weighted by Gasteiger charge is -2.22. The van der Waals surface area contributed by atoms with E-state index in [1.54, 1.807) is 24.3 Å². The smallest absolute Gasteiger partial charge is 0.325 e. The molecule has 37 heavy (non-hydrogen) atoms. The number of anilines is 1. The lowest BCUT2D eigenvalue weighted by atomic mass is 10.1. The molecule has 1 amide bonds. The van der Waals surface area contributed by atoms with Gasteiger partial charge in [0.2, 0.25) is 15.9 Å². The van der Waals surface area contributed by atoms with Gasteiger partial charge in [-0.2, -0.15) is 30.6 Å². The van der Waals surface area contributed by atoms with Gasteiger partial charge >= 0.3 is 12.4 Å². The Balaban J connectivity index is 1.94. The molecule has 0 aliphatic carbocycles. The van der Waals surface area contributed by atoms with Crippen LogP contribution in [-0.2, 0) is 33.7 Å². The van der Waals surface area contributed by atoms with Gasteiger partial charge in [0.1, 0.15) is 0 Å². The molecule has 0 aliphatic heterocycles. The van der Waals surface area contributed by atoms with Crippen LogP contribution < -0.4 is 5.32 Å². The first-order valence-corrected chi connectivity index (χ1v) is 12.8. The summed E-state index contributed by atoms with van der Waals surface area (Å²) in [6.45, 7) is -1.22. The van der Waals surface area contributed by atoms with Crippen molar-refractivity contribution in [3.63, 3.8) is 0 Å². The van der Waals surface area contributed by atoms with Crippen molar-refractivity contribution in [2.75, 3.05) is 11.9 Å². The third-order valence-electron chi connectivity index (χ3n) is 4.91. The Morgan fingerprint density at radius 1 is 0.865 bits per heavy atom. The molecule has 0 bridgehead atoms. The van der Waals surface area contributed by atoms with Gasteiger partial charge in [-0.1, -0.05) is 39.7 Å². The van der Waals surface area contributed by atoms with Crippen LogP contribution in [0.5, 0.6) is 0 Å². The van der Waals surface area contributed by atoms with E-state index in [0.717, 1.165) is 4.31 Å². The average molecular weight is 630 g/mol. The number of carbonyl (C=O) groups is 1. The number of halogens is 8. The van der Waals surface area contributed by atoms with Crippen molar-refractivity contribution in [3.8, 4) is 0 Å². The molecular formula is C23H16BrClF6N2O3S. The van der Waals surface area contributed by atoms with Crippen molar-refractivity contribution in [3.05, 3.63) is 92.9 Å². The Labute approximate surface area is 221 Å². The van der Waals surface area contributed by atoms with E-state index in [-0.39, 0.29) is 22.5 Å². The van der Waals surface area contributed by atoms with Gasteiger partial charge in [-0.15, -0.1) is 0 Å². The van der Waals surface area contributed by atoms with Crippen LogP contribution in [0.4, 0.5) is 32.0 Å². The number of amides is 1. The molecule has 3 rings (SSSR count). The van der Waals surface area contributed by atoms with Gasteiger partial charge in [-0.25, -0.2) is 8.42 Å². The second-order valence-corrected chi connectivity index (χ2v) is 11.0. The van der Waals surface area contributed by atoms with Crippen LogP contribution in [0.15, 0.2) is 76.1 Å². The normalized spacial score (nSPS) is 12.6. The Hall–Kier alpha value is -2.61. The molecule has 0 saturated carbocycles. The largest absolute Gasteiger partial charge is 0.416 e. The van der Waals surface area contributed by atoms with Crippen LogP contribution in [0.2, 0.25) is 5.02 Å². The molecule has 5 nitrogen and oxygen atoms in total. The summed E-state index contributed by atoms with van der Waals surface area (Å²) in [6.07, 6.45) is -10.2. The molecule has 0 radical (unpaired) electrons. The second kappa shape index (κ2) is 11.0. The van der Waals surface area contributed by atoms with E-state index in [0.29, 0.717) is 22.2 Å². The molecule has 0 atom stereocenters. The number of rotatable bonds is 7. The van der Waals surface area contributed by atoms with Crippen molar-refractivity contribution < 1.29 is 39.6 Å². The van der Waals surface area contributed by atoms with Gasteiger partial charge in [0, 0.05) is 21.7 Å². The summed E-state index contributed by atoms with van der Waals surface area (Å²) in [5.74, 6) is -1.15. The fraction of sp³-hybridized carbons (Fsp3) is 0.174. The molecule has 3 aromatic carbocycles. The van der Waals surface area contributed by atoms with Crippen molar-refractivity contribution in [1.82, 2.24) is 4.31 Å². The minimum Gasteiger partial charge on any atom is -0.325 e. The third kappa shape index (κ3) is 7.69. The van der Waals surface area contributed by atoms with Crippen LogP contribution in [0.1, 0.15) is 16.7 Å². The van der Waals surface area contributed by atoms with E-state index in [1.165, 1.54) is 24.3 Å². The Morgan fingerprint density at radius 3 is 1.86 bits per heavy atom. The predicted molar refractivity (Wildman–Crippen MR) is 128 cm³/mol. The van der Waals surface area contributed by atoms with E-state index in [9.17, 15) is 39.6 Å². The Bertz CT molecular complexity index is 1350. The summed E-state index contributed by atoms with van der Waals surface area (Å²) in [4.78, 5) is 12.5. The maximum absolute atomic E-state index is 13.3. The van der Waals surface area contributed by atoms with Gasteiger partial charge in [-0.3, -0.25) is 4.79 Å². The van der Waals surface area contributed by atoms with Crippen molar-refractivity contribution >= 4 is 49.1 Å². The number of alkyl halides is 6. The fourth-order valence-corrected chi connectivity index (χ4v) is 4.94. The summed E-state index contributed by atoms with van der Waals surface area (Å²) in [6, 6.07) is 12.0. The van der Waals surface area contributed by atoms with Crippen LogP contribution in [-0.4, -0.2) is 25.2 Å². The number of nitrogens with zero attached hydrogens (tertiary/aromatic N) is 1. The molecule has 0 heterocycles. The van der Waals surface area contributed by atoms with Gasteiger partial charge in [-0.05, 0) is 60.2 Å². The summed E-state index contributed by atoms with van der Waals surface area (Å²) in [5, 5.41) is 2.20. The van der Waals surface area contributed by atoms with E-state index >= 15 is 0 Å². The molecule has 0 spiro atoms. The highest BCUT2D eigenvalue weighted by atomic mass is 79.9. The number of sulfonamides is 1. The van der Waals surface area contributed by atoms with Crippen LogP contribution >= 0.6 is 27.5 Å². The summed E-state index contributed by atoms with van der Waals surface area (Å²) >= 11 is 9.06. The molecule has 14 heteroatoms. The number of benzene rings is 3. The number of nitrogens with one attached hydrogen (secondary N) is 1. The summed E-state index contributed by atoms with van der Waals surface area (Å²) < 4.78 is 107. The molecule has 0 unspecified atom stereocenters. The highest BCUT2D eigenvalue weighted by Crippen LogP contribution is 2.37. The molecule has 3 aromatic rings. The number of hydrogen-bond donors (Lipinski definition) is 1. The van der Waals surface area contributed by atoms with Crippen LogP contribution in [0, 0.1) is 0 Å². The van der Waals surface area contributed by atoms with Gasteiger partial charge < -0.3 is 5.32 Å².